The average Bonchev–Trinajstić information content (AvgIpc) is 3.22. The van der Waals surface area contributed by atoms with Gasteiger partial charge in [-0.2, -0.15) is 8.78 Å². The van der Waals surface area contributed by atoms with E-state index in [9.17, 15) is 23.2 Å². The van der Waals surface area contributed by atoms with Crippen LogP contribution < -0.4 is 15.0 Å². The highest BCUT2D eigenvalue weighted by Crippen LogP contribution is 2.37. The lowest BCUT2D eigenvalue weighted by Crippen LogP contribution is -2.43. The number of hydrogen-bond donors (Lipinski definition) is 1. The SMILES string of the molecule is O=C(COC(=O)c1ccc2c(c1)NC(=O)[C@H]1CCCN21)c1ccc(OC(F)F)cc1. The van der Waals surface area contributed by atoms with Gasteiger partial charge in [0, 0.05) is 12.1 Å². The van der Waals surface area contributed by atoms with Gasteiger partial charge >= 0.3 is 12.6 Å². The molecule has 1 saturated heterocycles. The first-order chi connectivity index (χ1) is 14.4. The summed E-state index contributed by atoms with van der Waals surface area (Å²) in [5.41, 5.74) is 1.80. The molecular formula is C21H18F2N2O5. The molecule has 9 heteroatoms. The summed E-state index contributed by atoms with van der Waals surface area (Å²) in [6.07, 6.45) is 1.73. The van der Waals surface area contributed by atoms with Crippen molar-refractivity contribution in [1.82, 2.24) is 0 Å². The van der Waals surface area contributed by atoms with Crippen molar-refractivity contribution in [3.63, 3.8) is 0 Å². The van der Waals surface area contributed by atoms with Crippen molar-refractivity contribution in [3.8, 4) is 5.75 Å². The molecule has 0 radical (unpaired) electrons. The number of hydrogen-bond acceptors (Lipinski definition) is 6. The van der Waals surface area contributed by atoms with Crippen LogP contribution in [0, 0.1) is 0 Å². The number of nitrogens with one attached hydrogen (secondary N) is 1. The second kappa shape index (κ2) is 8.10. The number of Topliss-reactive ketones (excluding diaryl/α,β-unsaturated/α-hetero) is 1. The van der Waals surface area contributed by atoms with Crippen LogP contribution in [0.4, 0.5) is 20.2 Å². The van der Waals surface area contributed by atoms with Crippen molar-refractivity contribution in [2.24, 2.45) is 0 Å². The normalized spacial score (nSPS) is 17.2. The minimum Gasteiger partial charge on any atom is -0.454 e. The minimum absolute atomic E-state index is 0.0742. The predicted octanol–water partition coefficient (Wildman–Crippen LogP) is 3.25. The van der Waals surface area contributed by atoms with E-state index in [1.54, 1.807) is 12.1 Å². The van der Waals surface area contributed by atoms with E-state index in [0.29, 0.717) is 5.69 Å². The van der Waals surface area contributed by atoms with Crippen LogP contribution in [-0.4, -0.2) is 43.5 Å². The maximum absolute atomic E-state index is 12.3. The van der Waals surface area contributed by atoms with Crippen LogP contribution in [0.15, 0.2) is 42.5 Å². The third-order valence-corrected chi connectivity index (χ3v) is 5.09. The van der Waals surface area contributed by atoms with Gasteiger partial charge < -0.3 is 19.7 Å². The Labute approximate surface area is 170 Å². The third-order valence-electron chi connectivity index (χ3n) is 5.09. The second-order valence-electron chi connectivity index (χ2n) is 6.97. The van der Waals surface area contributed by atoms with Crippen molar-refractivity contribution in [2.75, 3.05) is 23.4 Å². The lowest BCUT2D eigenvalue weighted by molar-refractivity contribution is -0.117. The van der Waals surface area contributed by atoms with Crippen LogP contribution in [0.3, 0.4) is 0 Å². The Bertz CT molecular complexity index is 993. The fraction of sp³-hybridized carbons (Fsp3) is 0.286. The Morgan fingerprint density at radius 3 is 2.60 bits per heavy atom. The molecule has 4 rings (SSSR count). The number of ketones is 1. The molecule has 0 aromatic heterocycles. The van der Waals surface area contributed by atoms with E-state index in [1.807, 2.05) is 4.90 Å². The zero-order chi connectivity index (χ0) is 21.3. The smallest absolute Gasteiger partial charge is 0.387 e. The summed E-state index contributed by atoms with van der Waals surface area (Å²) >= 11 is 0. The van der Waals surface area contributed by atoms with Gasteiger partial charge in [-0.25, -0.2) is 4.79 Å². The lowest BCUT2D eigenvalue weighted by Gasteiger charge is -2.33. The number of benzene rings is 2. The van der Waals surface area contributed by atoms with E-state index in [2.05, 4.69) is 10.1 Å². The first kappa shape index (κ1) is 19.8. The summed E-state index contributed by atoms with van der Waals surface area (Å²) in [5, 5.41) is 2.82. The van der Waals surface area contributed by atoms with Gasteiger partial charge in [-0.15, -0.1) is 0 Å². The predicted molar refractivity (Wildman–Crippen MR) is 103 cm³/mol. The molecule has 0 spiro atoms. The molecule has 0 aliphatic carbocycles. The molecule has 1 fully saturated rings. The zero-order valence-electron chi connectivity index (χ0n) is 15.8. The first-order valence-electron chi connectivity index (χ1n) is 9.39. The molecule has 7 nitrogen and oxygen atoms in total. The second-order valence-corrected chi connectivity index (χ2v) is 6.97. The summed E-state index contributed by atoms with van der Waals surface area (Å²) in [6.45, 7) is -2.68. The number of fused-ring (bicyclic) bond motifs is 3. The topological polar surface area (TPSA) is 84.9 Å². The molecule has 0 saturated carbocycles. The molecule has 2 aliphatic rings. The van der Waals surface area contributed by atoms with Crippen molar-refractivity contribution in [3.05, 3.63) is 53.6 Å². The van der Waals surface area contributed by atoms with Gasteiger partial charge in [-0.3, -0.25) is 9.59 Å². The van der Waals surface area contributed by atoms with Gasteiger partial charge in [-0.05, 0) is 55.3 Å². The molecule has 30 heavy (non-hydrogen) atoms. The van der Waals surface area contributed by atoms with Gasteiger partial charge in [0.1, 0.15) is 11.8 Å². The number of nitrogens with zero attached hydrogens (tertiary/aromatic N) is 1. The van der Waals surface area contributed by atoms with Gasteiger partial charge in [0.05, 0.1) is 16.9 Å². The van der Waals surface area contributed by atoms with Gasteiger partial charge in [0.25, 0.3) is 0 Å². The van der Waals surface area contributed by atoms with Crippen LogP contribution in [0.1, 0.15) is 33.6 Å². The minimum atomic E-state index is -2.95. The number of halogens is 2. The molecule has 1 atom stereocenters. The fourth-order valence-corrected chi connectivity index (χ4v) is 3.68. The van der Waals surface area contributed by atoms with Crippen LogP contribution in [-0.2, 0) is 9.53 Å². The molecule has 2 heterocycles. The summed E-state index contributed by atoms with van der Waals surface area (Å²) in [6, 6.07) is 9.81. The number of esters is 1. The van der Waals surface area contributed by atoms with Crippen LogP contribution in [0.5, 0.6) is 5.75 Å². The highest BCUT2D eigenvalue weighted by atomic mass is 19.3. The van der Waals surface area contributed by atoms with Crippen LogP contribution in [0.25, 0.3) is 0 Å². The maximum Gasteiger partial charge on any atom is 0.387 e. The Morgan fingerprint density at radius 2 is 1.87 bits per heavy atom. The number of rotatable bonds is 6. The Balaban J connectivity index is 1.39. The maximum atomic E-state index is 12.3. The average molecular weight is 416 g/mol. The first-order valence-corrected chi connectivity index (χ1v) is 9.39. The van der Waals surface area contributed by atoms with Gasteiger partial charge in [-0.1, -0.05) is 0 Å². The summed E-state index contributed by atoms with van der Waals surface area (Å²) in [7, 11) is 0. The van der Waals surface area contributed by atoms with E-state index < -0.39 is 25.0 Å². The highest BCUT2D eigenvalue weighted by Gasteiger charge is 2.36. The van der Waals surface area contributed by atoms with Gasteiger partial charge in [0.2, 0.25) is 5.91 Å². The molecule has 2 aromatic rings. The number of carbonyl (C=O) groups excluding carboxylic acids is 3. The molecular weight excluding hydrogens is 398 g/mol. The molecule has 0 unspecified atom stereocenters. The molecule has 0 bridgehead atoms. The Kier molecular flexibility index (Phi) is 5.35. The van der Waals surface area contributed by atoms with E-state index in [1.165, 1.54) is 30.3 Å². The number of alkyl halides is 2. The lowest BCUT2D eigenvalue weighted by atomic mass is 10.1. The number of amides is 1. The number of ether oxygens (including phenoxy) is 2. The van der Waals surface area contributed by atoms with E-state index >= 15 is 0 Å². The summed E-state index contributed by atoms with van der Waals surface area (Å²) in [4.78, 5) is 38.8. The molecule has 1 N–H and O–H groups in total. The summed E-state index contributed by atoms with van der Waals surface area (Å²) < 4.78 is 33.6. The highest BCUT2D eigenvalue weighted by molar-refractivity contribution is 6.06. The quantitative estimate of drug-likeness (QED) is 0.575. The van der Waals surface area contributed by atoms with Crippen LogP contribution in [0.2, 0.25) is 0 Å². The standard InChI is InChI=1S/C21H18F2N2O5/c22-21(23)30-14-6-3-12(4-7-14)18(26)11-29-20(28)13-5-8-16-15(10-13)24-19(27)17-2-1-9-25(16)17/h3-8,10,17,21H,1-2,9,11H2,(H,24,27)/t17-/m1/s1. The van der Waals surface area contributed by atoms with E-state index in [4.69, 9.17) is 4.74 Å². The molecule has 1 amide bonds. The Hall–Kier alpha value is -3.49. The van der Waals surface area contributed by atoms with Gasteiger partial charge in [0.15, 0.2) is 12.4 Å². The Morgan fingerprint density at radius 1 is 1.13 bits per heavy atom. The number of carbonyl (C=O) groups is 3. The van der Waals surface area contributed by atoms with Crippen LogP contribution >= 0.6 is 0 Å². The zero-order valence-corrected chi connectivity index (χ0v) is 15.8. The van der Waals surface area contributed by atoms with Crippen molar-refractivity contribution in [2.45, 2.75) is 25.5 Å². The molecule has 2 aliphatic heterocycles. The van der Waals surface area contributed by atoms with E-state index in [-0.39, 0.29) is 28.8 Å². The fourth-order valence-electron chi connectivity index (χ4n) is 3.68. The molecule has 156 valence electrons. The van der Waals surface area contributed by atoms with Crippen molar-refractivity contribution < 1.29 is 32.6 Å². The van der Waals surface area contributed by atoms with E-state index in [0.717, 1.165) is 25.1 Å². The molecule has 2 aromatic carbocycles. The van der Waals surface area contributed by atoms with Crippen molar-refractivity contribution >= 4 is 29.0 Å². The number of anilines is 2. The summed E-state index contributed by atoms with van der Waals surface area (Å²) in [5.74, 6) is -1.37. The van der Waals surface area contributed by atoms with Crippen molar-refractivity contribution in [1.29, 1.82) is 0 Å². The third kappa shape index (κ3) is 3.96. The largest absolute Gasteiger partial charge is 0.454 e. The monoisotopic (exact) mass is 416 g/mol.